The van der Waals surface area contributed by atoms with Gasteiger partial charge in [0.05, 0.1) is 6.61 Å². The minimum Gasteiger partial charge on any atom is -0.395 e. The van der Waals surface area contributed by atoms with E-state index in [2.05, 4.69) is 40.3 Å². The molecular weight excluding hydrogens is 406 g/mol. The predicted octanol–water partition coefficient (Wildman–Crippen LogP) is 8.72. The Kier molecular flexibility index (Phi) is 28.2. The molecule has 30 heavy (non-hydrogen) atoms. The summed E-state index contributed by atoms with van der Waals surface area (Å²) in [6.07, 6.45) is 24.9. The van der Waals surface area contributed by atoms with Gasteiger partial charge in [-0.2, -0.15) is 0 Å². The van der Waals surface area contributed by atoms with E-state index in [4.69, 9.17) is 0 Å². The number of aliphatic hydroxyl groups excluding tert-OH is 1. The lowest BCUT2D eigenvalue weighted by Crippen LogP contribution is -2.29. The first-order valence-electron chi connectivity index (χ1n) is 13.4. The van der Waals surface area contributed by atoms with E-state index in [9.17, 15) is 5.11 Å². The zero-order valence-corrected chi connectivity index (χ0v) is 22.3. The van der Waals surface area contributed by atoms with Gasteiger partial charge in [-0.05, 0) is 38.8 Å². The Hall–Kier alpha value is 0.620. The second kappa shape index (κ2) is 27.7. The Morgan fingerprint density at radius 3 is 1.23 bits per heavy atom. The molecule has 1 N–H and O–H groups in total. The first-order chi connectivity index (χ1) is 14.8. The molecule has 0 unspecified atom stereocenters. The van der Waals surface area contributed by atoms with Crippen LogP contribution in [-0.2, 0) is 0 Å². The highest BCUT2D eigenvalue weighted by molar-refractivity contribution is 8.76. The molecule has 182 valence electrons. The van der Waals surface area contributed by atoms with Crippen LogP contribution in [-0.4, -0.2) is 47.8 Å². The van der Waals surface area contributed by atoms with E-state index in [1.54, 1.807) is 0 Å². The van der Waals surface area contributed by atoms with Gasteiger partial charge in [-0.15, -0.1) is 0 Å². The number of unbranched alkanes of at least 4 members (excludes halogenated alkanes) is 15. The lowest BCUT2D eigenvalue weighted by molar-refractivity contribution is 0.190. The molecule has 0 rings (SSSR count). The summed E-state index contributed by atoms with van der Waals surface area (Å²) in [7, 11) is 4.20. The highest BCUT2D eigenvalue weighted by atomic mass is 33.1. The molecule has 0 spiro atoms. The van der Waals surface area contributed by atoms with E-state index in [1.165, 1.54) is 140 Å². The average molecular weight is 462 g/mol. The van der Waals surface area contributed by atoms with Gasteiger partial charge < -0.3 is 10.0 Å². The fourth-order valence-corrected chi connectivity index (χ4v) is 6.15. The molecule has 0 amide bonds. The molecule has 0 heterocycles. The molecule has 0 fully saturated rings. The van der Waals surface area contributed by atoms with Gasteiger partial charge in [-0.1, -0.05) is 125 Å². The summed E-state index contributed by atoms with van der Waals surface area (Å²) < 4.78 is 0. The van der Waals surface area contributed by atoms with Crippen LogP contribution in [0.15, 0.2) is 0 Å². The van der Waals surface area contributed by atoms with Crippen molar-refractivity contribution >= 4 is 21.6 Å². The smallest absolute Gasteiger partial charge is 0.0558 e. The lowest BCUT2D eigenvalue weighted by atomic mass is 10.1. The first kappa shape index (κ1) is 30.6. The van der Waals surface area contributed by atoms with Gasteiger partial charge in [0.25, 0.3) is 0 Å². The maximum atomic E-state index is 9.30. The van der Waals surface area contributed by atoms with Crippen LogP contribution in [0.25, 0.3) is 0 Å². The third kappa shape index (κ3) is 24.9. The molecular formula is C26H55NOS2. The number of rotatable bonds is 26. The molecule has 0 aromatic carbocycles. The van der Waals surface area contributed by atoms with Gasteiger partial charge in [-0.3, -0.25) is 0 Å². The van der Waals surface area contributed by atoms with Crippen LogP contribution in [0.5, 0.6) is 0 Å². The van der Waals surface area contributed by atoms with Gasteiger partial charge in [0.2, 0.25) is 0 Å². The Balaban J connectivity index is 3.31. The Labute approximate surface area is 198 Å². The molecule has 2 nitrogen and oxygen atoms in total. The molecule has 0 aliphatic carbocycles. The third-order valence-electron chi connectivity index (χ3n) is 5.86. The van der Waals surface area contributed by atoms with Crippen molar-refractivity contribution < 1.29 is 5.11 Å². The van der Waals surface area contributed by atoms with E-state index in [1.807, 2.05) is 0 Å². The summed E-state index contributed by atoms with van der Waals surface area (Å²) in [6, 6.07) is 0. The summed E-state index contributed by atoms with van der Waals surface area (Å²) in [5.74, 6) is 2.67. The summed E-state index contributed by atoms with van der Waals surface area (Å²) >= 11 is 0. The summed E-state index contributed by atoms with van der Waals surface area (Å²) in [5.41, 5.74) is 0. The van der Waals surface area contributed by atoms with E-state index < -0.39 is 0 Å². The average Bonchev–Trinajstić information content (AvgIpc) is 2.75. The normalized spacial score (nSPS) is 11.6. The van der Waals surface area contributed by atoms with Crippen LogP contribution in [0.1, 0.15) is 129 Å². The molecule has 0 atom stereocenters. The SMILES string of the molecule is CCCCCCCCCSSCCCCCCCN(CCO)CCCCCCCC. The highest BCUT2D eigenvalue weighted by Crippen LogP contribution is 2.24. The van der Waals surface area contributed by atoms with Crippen molar-refractivity contribution in [3.8, 4) is 0 Å². The van der Waals surface area contributed by atoms with Crippen LogP contribution in [0.2, 0.25) is 0 Å². The van der Waals surface area contributed by atoms with E-state index in [-0.39, 0.29) is 0 Å². The van der Waals surface area contributed by atoms with Crippen LogP contribution in [0.4, 0.5) is 0 Å². The van der Waals surface area contributed by atoms with Gasteiger partial charge in [-0.25, -0.2) is 0 Å². The molecule has 0 radical (unpaired) electrons. The van der Waals surface area contributed by atoms with Crippen molar-refractivity contribution in [2.24, 2.45) is 0 Å². The van der Waals surface area contributed by atoms with Gasteiger partial charge in [0.15, 0.2) is 0 Å². The molecule has 0 aromatic heterocycles. The summed E-state index contributed by atoms with van der Waals surface area (Å²) in [5, 5.41) is 9.30. The Bertz CT molecular complexity index is 305. The summed E-state index contributed by atoms with van der Waals surface area (Å²) in [4.78, 5) is 2.48. The van der Waals surface area contributed by atoms with Gasteiger partial charge in [0, 0.05) is 18.1 Å². The lowest BCUT2D eigenvalue weighted by Gasteiger charge is -2.21. The minimum absolute atomic E-state index is 0.309. The Morgan fingerprint density at radius 1 is 0.467 bits per heavy atom. The Morgan fingerprint density at radius 2 is 0.833 bits per heavy atom. The quantitative estimate of drug-likeness (QED) is 0.103. The van der Waals surface area contributed by atoms with Crippen molar-refractivity contribution in [3.05, 3.63) is 0 Å². The number of aliphatic hydroxyl groups is 1. The van der Waals surface area contributed by atoms with Crippen LogP contribution >= 0.6 is 21.6 Å². The minimum atomic E-state index is 0.309. The monoisotopic (exact) mass is 461 g/mol. The summed E-state index contributed by atoms with van der Waals surface area (Å²) in [6.45, 7) is 8.10. The zero-order valence-electron chi connectivity index (χ0n) is 20.7. The van der Waals surface area contributed by atoms with Gasteiger partial charge in [0.1, 0.15) is 0 Å². The molecule has 0 aromatic rings. The van der Waals surface area contributed by atoms with Crippen LogP contribution in [0, 0.1) is 0 Å². The standard InChI is InChI=1S/C26H55NOS2/c1-3-5-7-9-11-15-19-25-29-30-26-20-16-12-14-18-22-27(23-24-28)21-17-13-10-8-6-4-2/h28H,3-26H2,1-2H3. The predicted molar refractivity (Wildman–Crippen MR) is 143 cm³/mol. The topological polar surface area (TPSA) is 23.5 Å². The zero-order chi connectivity index (χ0) is 22.0. The van der Waals surface area contributed by atoms with E-state index >= 15 is 0 Å². The molecule has 0 aliphatic rings. The number of hydrogen-bond acceptors (Lipinski definition) is 4. The second-order valence-electron chi connectivity index (χ2n) is 8.87. The van der Waals surface area contributed by atoms with Crippen LogP contribution < -0.4 is 0 Å². The van der Waals surface area contributed by atoms with Crippen molar-refractivity contribution in [1.29, 1.82) is 0 Å². The molecule has 4 heteroatoms. The molecule has 0 aliphatic heterocycles. The molecule has 0 saturated carbocycles. The fourth-order valence-electron chi connectivity index (χ4n) is 3.86. The van der Waals surface area contributed by atoms with Crippen molar-refractivity contribution in [3.63, 3.8) is 0 Å². The second-order valence-corrected chi connectivity index (χ2v) is 11.6. The molecule has 0 bridgehead atoms. The van der Waals surface area contributed by atoms with Crippen molar-refractivity contribution in [2.75, 3.05) is 37.7 Å². The van der Waals surface area contributed by atoms with Crippen LogP contribution in [0.3, 0.4) is 0 Å². The number of hydrogen-bond donors (Lipinski definition) is 1. The van der Waals surface area contributed by atoms with Crippen molar-refractivity contribution in [2.45, 2.75) is 129 Å². The number of nitrogens with zero attached hydrogens (tertiary/aromatic N) is 1. The maximum Gasteiger partial charge on any atom is 0.0558 e. The van der Waals surface area contributed by atoms with E-state index in [0.717, 1.165) is 6.54 Å². The van der Waals surface area contributed by atoms with E-state index in [0.29, 0.717) is 6.61 Å². The van der Waals surface area contributed by atoms with Crippen molar-refractivity contribution in [1.82, 2.24) is 4.90 Å². The fraction of sp³-hybridized carbons (Fsp3) is 1.00. The molecule has 0 saturated heterocycles. The highest BCUT2D eigenvalue weighted by Gasteiger charge is 2.04. The largest absolute Gasteiger partial charge is 0.395 e. The maximum absolute atomic E-state index is 9.30. The van der Waals surface area contributed by atoms with Gasteiger partial charge >= 0.3 is 0 Å². The third-order valence-corrected chi connectivity index (χ3v) is 8.44. The first-order valence-corrected chi connectivity index (χ1v) is 15.9.